The van der Waals surface area contributed by atoms with Gasteiger partial charge in [-0.2, -0.15) is 10.2 Å². The molecular weight excluding hydrogens is 452 g/mol. The lowest BCUT2D eigenvalue weighted by Crippen LogP contribution is -2.27. The maximum atomic E-state index is 13.2. The first-order valence-electron chi connectivity index (χ1n) is 11.4. The lowest BCUT2D eigenvalue weighted by Gasteiger charge is -2.20. The number of carbonyl (C=O) groups is 1. The number of anilines is 1. The van der Waals surface area contributed by atoms with Gasteiger partial charge < -0.3 is 29.9 Å². The van der Waals surface area contributed by atoms with Crippen LogP contribution in [-0.4, -0.2) is 58.1 Å². The summed E-state index contributed by atoms with van der Waals surface area (Å²) >= 11 is 0. The van der Waals surface area contributed by atoms with Crippen molar-refractivity contribution in [1.29, 1.82) is 0 Å². The molecule has 0 aliphatic heterocycles. The fourth-order valence-corrected chi connectivity index (χ4v) is 3.92. The number of benzene rings is 1. The number of nitrogens with zero attached hydrogens (tertiary/aromatic N) is 5. The van der Waals surface area contributed by atoms with E-state index in [0.29, 0.717) is 23.7 Å². The standard InChI is InChI=1S/C24H30N6O5/c1-15(2)9-20(24(34)26-22-7-8-29(27-22)12-16(32)14-31)30-13-17(10-23(30)33)35-21-6-4-5-19-18(21)11-25-28(19)3/h4-8,10-11,13,15-16,20,31-33H,9,12,14H2,1-3H3,(H,26,27,34)/t16-,20+/m1/s1. The predicted molar refractivity (Wildman–Crippen MR) is 129 cm³/mol. The molecule has 0 spiro atoms. The molecule has 4 N–H and O–H groups in total. The Morgan fingerprint density at radius 3 is 2.80 bits per heavy atom. The van der Waals surface area contributed by atoms with E-state index < -0.39 is 12.1 Å². The summed E-state index contributed by atoms with van der Waals surface area (Å²) in [5.74, 6) is 1.00. The van der Waals surface area contributed by atoms with Crippen LogP contribution in [0.15, 0.2) is 48.9 Å². The molecule has 2 atom stereocenters. The number of amides is 1. The number of aliphatic hydroxyl groups excluding tert-OH is 2. The number of aromatic hydroxyl groups is 1. The van der Waals surface area contributed by atoms with Crippen molar-refractivity contribution in [2.45, 2.75) is 39.0 Å². The van der Waals surface area contributed by atoms with E-state index in [0.717, 1.165) is 10.9 Å². The third-order valence-corrected chi connectivity index (χ3v) is 5.62. The Bertz CT molecular complexity index is 1310. The van der Waals surface area contributed by atoms with Crippen molar-refractivity contribution in [3.05, 3.63) is 48.9 Å². The van der Waals surface area contributed by atoms with Gasteiger partial charge in [-0.15, -0.1) is 0 Å². The summed E-state index contributed by atoms with van der Waals surface area (Å²) in [5.41, 5.74) is 0.911. The molecule has 0 unspecified atom stereocenters. The molecule has 0 saturated carbocycles. The minimum absolute atomic E-state index is 0.101. The van der Waals surface area contributed by atoms with Gasteiger partial charge in [0.05, 0.1) is 42.6 Å². The van der Waals surface area contributed by atoms with E-state index in [1.165, 1.54) is 15.3 Å². The van der Waals surface area contributed by atoms with Gasteiger partial charge in [0, 0.05) is 25.4 Å². The van der Waals surface area contributed by atoms with E-state index in [-0.39, 0.29) is 30.9 Å². The van der Waals surface area contributed by atoms with Gasteiger partial charge >= 0.3 is 0 Å². The highest BCUT2D eigenvalue weighted by Crippen LogP contribution is 2.35. The highest BCUT2D eigenvalue weighted by molar-refractivity contribution is 5.93. The Hall–Kier alpha value is -3.83. The van der Waals surface area contributed by atoms with Crippen LogP contribution in [0.1, 0.15) is 26.3 Å². The number of ether oxygens (including phenoxy) is 1. The molecule has 11 heteroatoms. The molecule has 0 saturated heterocycles. The zero-order chi connectivity index (χ0) is 25.1. The number of nitrogens with one attached hydrogen (secondary N) is 1. The number of rotatable bonds is 10. The number of aliphatic hydroxyl groups is 2. The summed E-state index contributed by atoms with van der Waals surface area (Å²) in [7, 11) is 1.85. The summed E-state index contributed by atoms with van der Waals surface area (Å²) in [6.07, 6.45) is 4.45. The van der Waals surface area contributed by atoms with E-state index >= 15 is 0 Å². The fraction of sp³-hybridized carbons (Fsp3) is 0.375. The second kappa shape index (κ2) is 10.2. The predicted octanol–water partition coefficient (Wildman–Crippen LogP) is 2.65. The molecule has 0 aliphatic carbocycles. The second-order valence-electron chi connectivity index (χ2n) is 8.89. The Balaban J connectivity index is 1.55. The number of hydrogen-bond donors (Lipinski definition) is 4. The first-order chi connectivity index (χ1) is 16.7. The summed E-state index contributed by atoms with van der Waals surface area (Å²) in [5, 5.41) is 41.4. The first kappa shape index (κ1) is 24.3. The van der Waals surface area contributed by atoms with Crippen LogP contribution in [0.3, 0.4) is 0 Å². The molecule has 3 heterocycles. The van der Waals surface area contributed by atoms with Crippen molar-refractivity contribution < 1.29 is 24.9 Å². The molecule has 0 bridgehead atoms. The molecule has 11 nitrogen and oxygen atoms in total. The normalized spacial score (nSPS) is 13.3. The third kappa shape index (κ3) is 5.47. The summed E-state index contributed by atoms with van der Waals surface area (Å²) in [6, 6.07) is 7.99. The maximum absolute atomic E-state index is 13.2. The zero-order valence-corrected chi connectivity index (χ0v) is 19.9. The first-order valence-corrected chi connectivity index (χ1v) is 11.4. The van der Waals surface area contributed by atoms with Crippen molar-refractivity contribution >= 4 is 22.6 Å². The average molecular weight is 483 g/mol. The van der Waals surface area contributed by atoms with E-state index in [1.54, 1.807) is 29.3 Å². The molecule has 4 rings (SSSR count). The van der Waals surface area contributed by atoms with E-state index in [9.17, 15) is 15.0 Å². The van der Waals surface area contributed by atoms with Crippen molar-refractivity contribution in [2.75, 3.05) is 11.9 Å². The number of fused-ring (bicyclic) bond motifs is 1. The van der Waals surface area contributed by atoms with Crippen molar-refractivity contribution in [1.82, 2.24) is 24.1 Å². The van der Waals surface area contributed by atoms with Gasteiger partial charge in [0.25, 0.3) is 0 Å². The lowest BCUT2D eigenvalue weighted by atomic mass is 10.0. The lowest BCUT2D eigenvalue weighted by molar-refractivity contribution is -0.119. The van der Waals surface area contributed by atoms with E-state index in [1.807, 2.05) is 39.1 Å². The molecule has 186 valence electrons. The van der Waals surface area contributed by atoms with Gasteiger partial charge in [-0.3, -0.25) is 14.2 Å². The molecule has 1 aromatic carbocycles. The van der Waals surface area contributed by atoms with Crippen molar-refractivity contribution in [2.24, 2.45) is 13.0 Å². The van der Waals surface area contributed by atoms with Gasteiger partial charge in [0.15, 0.2) is 11.7 Å². The Morgan fingerprint density at radius 2 is 2.06 bits per heavy atom. The third-order valence-electron chi connectivity index (χ3n) is 5.62. The van der Waals surface area contributed by atoms with Gasteiger partial charge in [-0.1, -0.05) is 19.9 Å². The van der Waals surface area contributed by atoms with Crippen LogP contribution < -0.4 is 10.1 Å². The number of carbonyl (C=O) groups excluding carboxylic acids is 1. The van der Waals surface area contributed by atoms with Crippen molar-refractivity contribution in [3.8, 4) is 17.4 Å². The fourth-order valence-electron chi connectivity index (χ4n) is 3.92. The maximum Gasteiger partial charge on any atom is 0.248 e. The molecule has 4 aromatic rings. The van der Waals surface area contributed by atoms with Gasteiger partial charge in [-0.25, -0.2) is 0 Å². The molecule has 35 heavy (non-hydrogen) atoms. The highest BCUT2D eigenvalue weighted by Gasteiger charge is 2.26. The summed E-state index contributed by atoms with van der Waals surface area (Å²) in [6.45, 7) is 3.70. The zero-order valence-electron chi connectivity index (χ0n) is 19.9. The molecule has 0 aliphatic rings. The summed E-state index contributed by atoms with van der Waals surface area (Å²) < 4.78 is 10.7. The monoisotopic (exact) mass is 482 g/mol. The number of aryl methyl sites for hydroxylation is 1. The van der Waals surface area contributed by atoms with Crippen LogP contribution >= 0.6 is 0 Å². The van der Waals surface area contributed by atoms with Crippen molar-refractivity contribution in [3.63, 3.8) is 0 Å². The van der Waals surface area contributed by atoms with E-state index in [2.05, 4.69) is 15.5 Å². The number of aromatic nitrogens is 5. The Morgan fingerprint density at radius 1 is 1.26 bits per heavy atom. The molecule has 3 aromatic heterocycles. The highest BCUT2D eigenvalue weighted by atomic mass is 16.5. The molecule has 0 fully saturated rings. The van der Waals surface area contributed by atoms with Crippen LogP contribution in [0.25, 0.3) is 10.9 Å². The SMILES string of the molecule is CC(C)C[C@@H](C(=O)Nc1ccn(C[C@@H](O)CO)n1)n1cc(Oc2cccc3c2cnn3C)cc1O. The second-order valence-corrected chi connectivity index (χ2v) is 8.89. The number of hydrogen-bond acceptors (Lipinski definition) is 7. The minimum atomic E-state index is -0.945. The van der Waals surface area contributed by atoms with Crippen LogP contribution in [0.5, 0.6) is 17.4 Å². The Kier molecular flexibility index (Phi) is 7.08. The quantitative estimate of drug-likeness (QED) is 0.272. The molecular formula is C24H30N6O5. The Labute approximate surface area is 202 Å². The van der Waals surface area contributed by atoms with Crippen LogP contribution in [-0.2, 0) is 18.4 Å². The minimum Gasteiger partial charge on any atom is -0.494 e. The van der Waals surface area contributed by atoms with Crippen LogP contribution in [0, 0.1) is 5.92 Å². The average Bonchev–Trinajstić information content (AvgIpc) is 3.51. The van der Waals surface area contributed by atoms with E-state index in [4.69, 9.17) is 9.84 Å². The van der Waals surface area contributed by atoms with Crippen LogP contribution in [0.4, 0.5) is 5.82 Å². The van der Waals surface area contributed by atoms with Gasteiger partial charge in [0.1, 0.15) is 17.5 Å². The van der Waals surface area contributed by atoms with Gasteiger partial charge in [0.2, 0.25) is 5.91 Å². The molecule has 1 amide bonds. The molecule has 0 radical (unpaired) electrons. The topological polar surface area (TPSA) is 140 Å². The van der Waals surface area contributed by atoms with Gasteiger partial charge in [-0.05, 0) is 24.5 Å². The smallest absolute Gasteiger partial charge is 0.248 e. The van der Waals surface area contributed by atoms with Crippen LogP contribution in [0.2, 0.25) is 0 Å². The largest absolute Gasteiger partial charge is 0.494 e. The summed E-state index contributed by atoms with van der Waals surface area (Å²) in [4.78, 5) is 13.2.